The number of nitrogens with zero attached hydrogens (tertiary/aromatic N) is 1. The minimum atomic E-state index is -4.25. The van der Waals surface area contributed by atoms with Crippen LogP contribution >= 0.6 is 11.6 Å². The molecule has 1 aliphatic rings. The van der Waals surface area contributed by atoms with E-state index in [2.05, 4.69) is 16.0 Å². The van der Waals surface area contributed by atoms with Crippen molar-refractivity contribution in [1.29, 1.82) is 0 Å². The first-order chi connectivity index (χ1) is 20.0. The quantitative estimate of drug-likeness (QED) is 0.270. The van der Waals surface area contributed by atoms with Crippen molar-refractivity contribution < 1.29 is 22.8 Å². The number of hydrogen-bond donors (Lipinski definition) is 3. The van der Waals surface area contributed by atoms with Crippen LogP contribution in [0.2, 0.25) is 5.02 Å². The molecule has 3 aromatic rings. The van der Waals surface area contributed by atoms with Gasteiger partial charge in [0.05, 0.1) is 22.7 Å². The van der Waals surface area contributed by atoms with Gasteiger partial charge in [-0.25, -0.2) is 8.42 Å². The van der Waals surface area contributed by atoms with E-state index in [9.17, 15) is 22.8 Å². The number of anilines is 3. The predicted octanol–water partition coefficient (Wildman–Crippen LogP) is 5.35. The molecule has 0 radical (unpaired) electrons. The molecule has 0 bridgehead atoms. The van der Waals surface area contributed by atoms with Crippen LogP contribution in [0, 0.1) is 13.8 Å². The molecule has 3 aromatic carbocycles. The molecule has 0 fully saturated rings. The molecule has 0 saturated heterocycles. The lowest BCUT2D eigenvalue weighted by Crippen LogP contribution is -2.53. The first-order valence-corrected chi connectivity index (χ1v) is 15.7. The summed E-state index contributed by atoms with van der Waals surface area (Å²) in [5, 5.41) is 8.85. The summed E-state index contributed by atoms with van der Waals surface area (Å²) in [6.45, 7) is 5.67. The average molecular weight is 611 g/mol. The summed E-state index contributed by atoms with van der Waals surface area (Å²) in [7, 11) is -4.25. The fourth-order valence-electron chi connectivity index (χ4n) is 4.78. The number of benzene rings is 3. The second kappa shape index (κ2) is 13.4. The second-order valence-corrected chi connectivity index (χ2v) is 12.5. The van der Waals surface area contributed by atoms with Crippen molar-refractivity contribution in [2.24, 2.45) is 0 Å². The van der Waals surface area contributed by atoms with Crippen LogP contribution in [-0.2, 0) is 30.8 Å². The van der Waals surface area contributed by atoms with Crippen LogP contribution in [0.4, 0.5) is 17.1 Å². The highest BCUT2D eigenvalue weighted by molar-refractivity contribution is 7.93. The molecule has 11 heteroatoms. The Hall–Kier alpha value is -3.89. The van der Waals surface area contributed by atoms with Gasteiger partial charge >= 0.3 is 0 Å². The first-order valence-electron chi connectivity index (χ1n) is 13.9. The summed E-state index contributed by atoms with van der Waals surface area (Å²) in [4.78, 5) is 38.2. The molecule has 3 N–H and O–H groups in total. The SMILES string of the molecule is CCCCC(=O)Nc1ccc(CCNC(=O)CC2C(=O)Nc3ccccc3N2S(=O)(=O)c2cc(C)c(Cl)cc2C)cc1. The highest BCUT2D eigenvalue weighted by atomic mass is 35.5. The van der Waals surface area contributed by atoms with Gasteiger partial charge in [0.25, 0.3) is 10.0 Å². The van der Waals surface area contributed by atoms with Gasteiger partial charge in [0.15, 0.2) is 0 Å². The summed E-state index contributed by atoms with van der Waals surface area (Å²) < 4.78 is 29.2. The maximum absolute atomic E-state index is 14.1. The lowest BCUT2D eigenvalue weighted by Gasteiger charge is -2.37. The molecule has 4 rings (SSSR count). The van der Waals surface area contributed by atoms with E-state index in [0.717, 1.165) is 22.7 Å². The zero-order valence-corrected chi connectivity index (χ0v) is 25.4. The van der Waals surface area contributed by atoms with Crippen LogP contribution in [0.3, 0.4) is 0 Å². The normalized spacial score (nSPS) is 14.6. The number of nitrogens with one attached hydrogen (secondary N) is 3. The van der Waals surface area contributed by atoms with E-state index < -0.39 is 27.9 Å². The van der Waals surface area contributed by atoms with E-state index in [-0.39, 0.29) is 29.5 Å². The lowest BCUT2D eigenvalue weighted by molar-refractivity contribution is -0.125. The maximum atomic E-state index is 14.1. The van der Waals surface area contributed by atoms with Crippen LogP contribution in [0.15, 0.2) is 65.6 Å². The zero-order chi connectivity index (χ0) is 30.4. The highest BCUT2D eigenvalue weighted by Crippen LogP contribution is 2.38. The molecule has 1 aliphatic heterocycles. The highest BCUT2D eigenvalue weighted by Gasteiger charge is 2.42. The Balaban J connectivity index is 1.47. The number of carbonyl (C=O) groups excluding carboxylic acids is 3. The topological polar surface area (TPSA) is 125 Å². The summed E-state index contributed by atoms with van der Waals surface area (Å²) in [5.41, 5.74) is 3.30. The first kappa shape index (κ1) is 31.1. The lowest BCUT2D eigenvalue weighted by atomic mass is 10.1. The van der Waals surface area contributed by atoms with Gasteiger partial charge in [0, 0.05) is 23.7 Å². The number of fused-ring (bicyclic) bond motifs is 1. The predicted molar refractivity (Wildman–Crippen MR) is 165 cm³/mol. The number of carbonyl (C=O) groups is 3. The third kappa shape index (κ3) is 7.11. The summed E-state index contributed by atoms with van der Waals surface area (Å²) in [6, 6.07) is 15.7. The number of rotatable bonds is 11. The number of aryl methyl sites for hydroxylation is 2. The van der Waals surface area contributed by atoms with Gasteiger partial charge in [-0.2, -0.15) is 0 Å². The van der Waals surface area contributed by atoms with Gasteiger partial charge in [-0.3, -0.25) is 18.7 Å². The molecule has 1 atom stereocenters. The molecular weight excluding hydrogens is 576 g/mol. The van der Waals surface area contributed by atoms with E-state index in [4.69, 9.17) is 11.6 Å². The average Bonchev–Trinajstić information content (AvgIpc) is 2.95. The molecule has 42 heavy (non-hydrogen) atoms. The van der Waals surface area contributed by atoms with E-state index >= 15 is 0 Å². The van der Waals surface area contributed by atoms with Gasteiger partial charge in [0.2, 0.25) is 17.7 Å². The number of para-hydroxylation sites is 2. The molecular formula is C31H35ClN4O5S. The molecule has 0 aliphatic carbocycles. The van der Waals surface area contributed by atoms with Crippen LogP contribution in [0.25, 0.3) is 0 Å². The van der Waals surface area contributed by atoms with E-state index in [1.165, 1.54) is 6.07 Å². The molecule has 0 spiro atoms. The Morgan fingerprint density at radius 1 is 1.00 bits per heavy atom. The minimum absolute atomic E-state index is 0.0179. The number of halogens is 1. The standard InChI is InChI=1S/C31H35ClN4O5S/c1-4-5-10-29(37)34-23-13-11-22(12-14-23)15-16-33-30(38)19-27-31(39)35-25-8-6-7-9-26(25)36(27)42(40,41)28-18-20(2)24(32)17-21(28)3/h6-9,11-14,17-18,27H,4-5,10,15-16,19H2,1-3H3,(H,33,38)(H,34,37)(H,35,39). The number of amides is 3. The van der Waals surface area contributed by atoms with Gasteiger partial charge in [0.1, 0.15) is 6.04 Å². The van der Waals surface area contributed by atoms with Crippen LogP contribution in [-0.4, -0.2) is 38.7 Å². The second-order valence-electron chi connectivity index (χ2n) is 10.3. The van der Waals surface area contributed by atoms with Crippen molar-refractivity contribution in [3.63, 3.8) is 0 Å². The minimum Gasteiger partial charge on any atom is -0.356 e. The molecule has 0 aromatic heterocycles. The largest absolute Gasteiger partial charge is 0.356 e. The fourth-order valence-corrected chi connectivity index (χ4v) is 6.93. The van der Waals surface area contributed by atoms with Crippen molar-refractivity contribution in [2.45, 2.75) is 63.8 Å². The van der Waals surface area contributed by atoms with Crippen LogP contribution < -0.4 is 20.3 Å². The zero-order valence-electron chi connectivity index (χ0n) is 23.9. The van der Waals surface area contributed by atoms with E-state index in [1.54, 1.807) is 44.2 Å². The van der Waals surface area contributed by atoms with Crippen molar-refractivity contribution >= 4 is 56.4 Å². The van der Waals surface area contributed by atoms with Crippen molar-refractivity contribution in [3.05, 3.63) is 82.4 Å². The Kier molecular flexibility index (Phi) is 9.90. The molecule has 9 nitrogen and oxygen atoms in total. The molecule has 1 unspecified atom stereocenters. The molecule has 222 valence electrons. The van der Waals surface area contributed by atoms with Crippen molar-refractivity contribution in [1.82, 2.24) is 5.32 Å². The van der Waals surface area contributed by atoms with Crippen LogP contribution in [0.5, 0.6) is 0 Å². The van der Waals surface area contributed by atoms with Gasteiger partial charge in [-0.1, -0.05) is 49.2 Å². The summed E-state index contributed by atoms with van der Waals surface area (Å²) in [6.07, 6.45) is 2.41. The number of sulfonamides is 1. The number of hydrogen-bond acceptors (Lipinski definition) is 5. The Morgan fingerprint density at radius 2 is 1.71 bits per heavy atom. The van der Waals surface area contributed by atoms with Crippen LogP contribution in [0.1, 0.15) is 49.3 Å². The third-order valence-electron chi connectivity index (χ3n) is 7.09. The van der Waals surface area contributed by atoms with Crippen molar-refractivity contribution in [2.75, 3.05) is 21.5 Å². The summed E-state index contributed by atoms with van der Waals surface area (Å²) >= 11 is 6.22. The maximum Gasteiger partial charge on any atom is 0.265 e. The Labute approximate surface area is 251 Å². The molecule has 3 amide bonds. The monoisotopic (exact) mass is 610 g/mol. The Bertz CT molecular complexity index is 1590. The van der Waals surface area contributed by atoms with Gasteiger partial charge in [-0.15, -0.1) is 0 Å². The molecule has 1 heterocycles. The van der Waals surface area contributed by atoms with Gasteiger partial charge < -0.3 is 16.0 Å². The number of unbranched alkanes of at least 4 members (excludes halogenated alkanes) is 1. The van der Waals surface area contributed by atoms with E-state index in [0.29, 0.717) is 40.4 Å². The molecule has 0 saturated carbocycles. The van der Waals surface area contributed by atoms with Crippen molar-refractivity contribution in [3.8, 4) is 0 Å². The third-order valence-corrected chi connectivity index (χ3v) is 9.46. The van der Waals surface area contributed by atoms with Gasteiger partial charge in [-0.05, 0) is 79.8 Å². The summed E-state index contributed by atoms with van der Waals surface area (Å²) in [5.74, 6) is -1.07. The Morgan fingerprint density at radius 3 is 2.43 bits per heavy atom. The fraction of sp³-hybridized carbons (Fsp3) is 0.323. The van der Waals surface area contributed by atoms with E-state index in [1.807, 2.05) is 31.2 Å². The smallest absolute Gasteiger partial charge is 0.265 e.